The summed E-state index contributed by atoms with van der Waals surface area (Å²) in [5.74, 6) is -0.945. The first kappa shape index (κ1) is 9.21. The van der Waals surface area contributed by atoms with E-state index in [2.05, 4.69) is 21.0 Å². The lowest BCUT2D eigenvalue weighted by Gasteiger charge is -2.00. The summed E-state index contributed by atoms with van der Waals surface area (Å²) in [6, 6.07) is 3.42. The normalized spacial score (nSPS) is 10.7. The van der Waals surface area contributed by atoms with Gasteiger partial charge in [-0.05, 0) is 12.1 Å². The van der Waals surface area contributed by atoms with Gasteiger partial charge in [0, 0.05) is 16.9 Å². The Morgan fingerprint density at radius 2 is 2.29 bits per heavy atom. The van der Waals surface area contributed by atoms with Crippen LogP contribution in [0.4, 0.5) is 0 Å². The van der Waals surface area contributed by atoms with Crippen LogP contribution in [0.1, 0.15) is 10.4 Å². The summed E-state index contributed by atoms with van der Waals surface area (Å²) >= 11 is 3.26. The Morgan fingerprint density at radius 3 is 2.93 bits per heavy atom. The SMILES string of the molecule is Cn1ncc2cc(Br)cc(C(=O)O)c21. The standard InChI is InChI=1S/C9H7BrN2O2/c1-12-8-5(4-11-12)2-6(10)3-7(8)9(13)14/h2-4H,1H3,(H,13,14). The zero-order valence-corrected chi connectivity index (χ0v) is 8.95. The van der Waals surface area contributed by atoms with E-state index in [1.807, 2.05) is 6.07 Å². The molecular formula is C9H7BrN2O2. The minimum Gasteiger partial charge on any atom is -0.478 e. The Morgan fingerprint density at radius 1 is 1.57 bits per heavy atom. The minimum absolute atomic E-state index is 0.259. The third-order valence-electron chi connectivity index (χ3n) is 2.03. The molecule has 1 aromatic carbocycles. The van der Waals surface area contributed by atoms with E-state index in [1.165, 1.54) is 0 Å². The maximum atomic E-state index is 11.0. The molecule has 2 rings (SSSR count). The second-order valence-electron chi connectivity index (χ2n) is 2.96. The zero-order chi connectivity index (χ0) is 10.3. The molecule has 14 heavy (non-hydrogen) atoms. The number of hydrogen-bond donors (Lipinski definition) is 1. The average molecular weight is 255 g/mol. The van der Waals surface area contributed by atoms with E-state index < -0.39 is 5.97 Å². The molecule has 0 atom stereocenters. The summed E-state index contributed by atoms with van der Waals surface area (Å²) in [4.78, 5) is 11.0. The van der Waals surface area contributed by atoms with Crippen molar-refractivity contribution in [2.45, 2.75) is 0 Å². The highest BCUT2D eigenvalue weighted by molar-refractivity contribution is 9.10. The summed E-state index contributed by atoms with van der Waals surface area (Å²) in [7, 11) is 1.72. The molecule has 5 heteroatoms. The molecule has 2 aromatic rings. The van der Waals surface area contributed by atoms with Gasteiger partial charge in [0.1, 0.15) is 0 Å². The first-order valence-corrected chi connectivity index (χ1v) is 4.73. The molecule has 0 spiro atoms. The number of aromatic carboxylic acids is 1. The second kappa shape index (κ2) is 3.09. The molecule has 0 bridgehead atoms. The van der Waals surface area contributed by atoms with E-state index in [0.717, 1.165) is 9.86 Å². The molecule has 0 aliphatic heterocycles. The van der Waals surface area contributed by atoms with E-state index >= 15 is 0 Å². The molecule has 0 fully saturated rings. The number of aryl methyl sites for hydroxylation is 1. The number of carbonyl (C=O) groups is 1. The molecule has 1 aromatic heterocycles. The lowest BCUT2D eigenvalue weighted by Crippen LogP contribution is -2.01. The van der Waals surface area contributed by atoms with Crippen LogP contribution in [0.25, 0.3) is 10.9 Å². The summed E-state index contributed by atoms with van der Waals surface area (Å²) in [6.07, 6.45) is 1.65. The predicted molar refractivity (Wildman–Crippen MR) is 55.4 cm³/mol. The highest BCUT2D eigenvalue weighted by atomic mass is 79.9. The Labute approximate surface area is 88.3 Å². The Balaban J connectivity index is 2.90. The van der Waals surface area contributed by atoms with E-state index in [1.54, 1.807) is 24.0 Å². The topological polar surface area (TPSA) is 55.1 Å². The third-order valence-corrected chi connectivity index (χ3v) is 2.49. The molecule has 4 nitrogen and oxygen atoms in total. The molecule has 0 saturated carbocycles. The van der Waals surface area contributed by atoms with Gasteiger partial charge in [-0.15, -0.1) is 0 Å². The lowest BCUT2D eigenvalue weighted by molar-refractivity contribution is 0.0698. The van der Waals surface area contributed by atoms with Crippen molar-refractivity contribution >= 4 is 32.8 Å². The predicted octanol–water partition coefficient (Wildman–Crippen LogP) is 2.03. The number of halogens is 1. The van der Waals surface area contributed by atoms with Crippen LogP contribution in [0.3, 0.4) is 0 Å². The summed E-state index contributed by atoms with van der Waals surface area (Å²) in [5.41, 5.74) is 0.898. The van der Waals surface area contributed by atoms with Crippen LogP contribution >= 0.6 is 15.9 Å². The molecule has 0 radical (unpaired) electrons. The fourth-order valence-electron chi connectivity index (χ4n) is 1.45. The van der Waals surface area contributed by atoms with E-state index in [0.29, 0.717) is 5.52 Å². The molecule has 72 valence electrons. The fourth-order valence-corrected chi connectivity index (χ4v) is 1.93. The van der Waals surface area contributed by atoms with Gasteiger partial charge < -0.3 is 5.11 Å². The third kappa shape index (κ3) is 1.29. The molecule has 1 heterocycles. The minimum atomic E-state index is -0.945. The van der Waals surface area contributed by atoms with Gasteiger partial charge in [0.05, 0.1) is 17.3 Å². The quantitative estimate of drug-likeness (QED) is 0.848. The second-order valence-corrected chi connectivity index (χ2v) is 3.88. The van der Waals surface area contributed by atoms with Crippen molar-refractivity contribution in [1.82, 2.24) is 9.78 Å². The molecule has 0 amide bonds. The number of aromatic nitrogens is 2. The van der Waals surface area contributed by atoms with Gasteiger partial charge in [-0.25, -0.2) is 4.79 Å². The number of benzene rings is 1. The van der Waals surface area contributed by atoms with Crippen molar-refractivity contribution in [2.24, 2.45) is 7.05 Å². The van der Waals surface area contributed by atoms with Gasteiger partial charge in [0.2, 0.25) is 0 Å². The van der Waals surface area contributed by atoms with Crippen molar-refractivity contribution < 1.29 is 9.90 Å². The van der Waals surface area contributed by atoms with Crippen molar-refractivity contribution in [3.63, 3.8) is 0 Å². The molecule has 1 N–H and O–H groups in total. The maximum Gasteiger partial charge on any atom is 0.337 e. The van der Waals surface area contributed by atoms with Crippen LogP contribution in [0, 0.1) is 0 Å². The van der Waals surface area contributed by atoms with Gasteiger partial charge in [0.15, 0.2) is 0 Å². The molecule has 0 unspecified atom stereocenters. The van der Waals surface area contributed by atoms with Crippen LogP contribution in [0.15, 0.2) is 22.8 Å². The largest absolute Gasteiger partial charge is 0.478 e. The number of rotatable bonds is 1. The van der Waals surface area contributed by atoms with Crippen molar-refractivity contribution in [2.75, 3.05) is 0 Å². The van der Waals surface area contributed by atoms with Gasteiger partial charge in [-0.2, -0.15) is 5.10 Å². The summed E-state index contributed by atoms with van der Waals surface area (Å²) in [6.45, 7) is 0. The maximum absolute atomic E-state index is 11.0. The average Bonchev–Trinajstić information content (AvgIpc) is 2.46. The number of hydrogen-bond acceptors (Lipinski definition) is 2. The number of nitrogens with zero attached hydrogens (tertiary/aromatic N) is 2. The monoisotopic (exact) mass is 254 g/mol. The van der Waals surface area contributed by atoms with E-state index in [9.17, 15) is 4.79 Å². The smallest absolute Gasteiger partial charge is 0.337 e. The molecule has 0 saturated heterocycles. The van der Waals surface area contributed by atoms with Crippen LogP contribution in [0.5, 0.6) is 0 Å². The van der Waals surface area contributed by atoms with Gasteiger partial charge >= 0.3 is 5.97 Å². The molecular weight excluding hydrogens is 248 g/mol. The fraction of sp³-hybridized carbons (Fsp3) is 0.111. The van der Waals surface area contributed by atoms with Gasteiger partial charge in [0.25, 0.3) is 0 Å². The van der Waals surface area contributed by atoms with Crippen LogP contribution in [-0.2, 0) is 7.05 Å². The van der Waals surface area contributed by atoms with E-state index in [-0.39, 0.29) is 5.56 Å². The number of carboxylic acids is 1. The first-order valence-electron chi connectivity index (χ1n) is 3.94. The summed E-state index contributed by atoms with van der Waals surface area (Å²) in [5, 5.41) is 13.8. The first-order chi connectivity index (χ1) is 6.59. The van der Waals surface area contributed by atoms with Crippen LogP contribution in [-0.4, -0.2) is 20.9 Å². The number of carboxylic acid groups (broad SMARTS) is 1. The van der Waals surface area contributed by atoms with Crippen LogP contribution in [0.2, 0.25) is 0 Å². The van der Waals surface area contributed by atoms with Gasteiger partial charge in [-0.1, -0.05) is 15.9 Å². The van der Waals surface area contributed by atoms with Gasteiger partial charge in [-0.3, -0.25) is 4.68 Å². The Kier molecular flexibility index (Phi) is 2.03. The van der Waals surface area contributed by atoms with E-state index in [4.69, 9.17) is 5.11 Å². The highest BCUT2D eigenvalue weighted by Gasteiger charge is 2.12. The van der Waals surface area contributed by atoms with Crippen molar-refractivity contribution in [3.05, 3.63) is 28.4 Å². The highest BCUT2D eigenvalue weighted by Crippen LogP contribution is 2.23. The van der Waals surface area contributed by atoms with Crippen molar-refractivity contribution in [3.8, 4) is 0 Å². The van der Waals surface area contributed by atoms with Crippen LogP contribution < -0.4 is 0 Å². The lowest BCUT2D eigenvalue weighted by atomic mass is 10.1. The summed E-state index contributed by atoms with van der Waals surface area (Å²) < 4.78 is 2.31. The number of fused-ring (bicyclic) bond motifs is 1. The molecule has 0 aliphatic rings. The zero-order valence-electron chi connectivity index (χ0n) is 7.36. The van der Waals surface area contributed by atoms with Crippen molar-refractivity contribution in [1.29, 1.82) is 0 Å². The molecule has 0 aliphatic carbocycles. The Bertz CT molecular complexity index is 519. The Hall–Kier alpha value is -1.36.